The van der Waals surface area contributed by atoms with E-state index in [0.29, 0.717) is 28.5 Å². The molecule has 2 saturated carbocycles. The Morgan fingerprint density at radius 3 is 2.48 bits per heavy atom. The van der Waals surface area contributed by atoms with Gasteiger partial charge in [-0.15, -0.1) is 0 Å². The first kappa shape index (κ1) is 22.6. The van der Waals surface area contributed by atoms with Gasteiger partial charge in [0.15, 0.2) is 9.84 Å². The molecule has 6 heteroatoms. The number of fused-ring (bicyclic) bond motifs is 5. The zero-order chi connectivity index (χ0) is 22.8. The summed E-state index contributed by atoms with van der Waals surface area (Å²) < 4.78 is 33.0. The van der Waals surface area contributed by atoms with Gasteiger partial charge in [0.25, 0.3) is 0 Å². The molecule has 1 aromatic rings. The summed E-state index contributed by atoms with van der Waals surface area (Å²) in [6, 6.07) is 3.58. The minimum Gasteiger partial charge on any atom is -0.496 e. The van der Waals surface area contributed by atoms with E-state index in [2.05, 4.69) is 27.7 Å². The first-order valence-corrected chi connectivity index (χ1v) is 13.2. The van der Waals surface area contributed by atoms with Crippen molar-refractivity contribution in [1.29, 1.82) is 0 Å². The summed E-state index contributed by atoms with van der Waals surface area (Å²) in [7, 11) is -1.91. The van der Waals surface area contributed by atoms with Crippen LogP contribution in [0.3, 0.4) is 0 Å². The van der Waals surface area contributed by atoms with Gasteiger partial charge in [-0.3, -0.25) is 4.79 Å². The number of carboxylic acids is 1. The molecule has 1 aromatic carbocycles. The highest BCUT2D eigenvalue weighted by molar-refractivity contribution is 7.91. The van der Waals surface area contributed by atoms with Crippen molar-refractivity contribution in [2.24, 2.45) is 22.7 Å². The predicted octanol–water partition coefficient (Wildman–Crippen LogP) is 5.00. The molecule has 4 rings (SSSR count). The number of ether oxygens (including phenoxy) is 1. The van der Waals surface area contributed by atoms with Crippen molar-refractivity contribution >= 4 is 15.8 Å². The Bertz CT molecular complexity index is 1010. The predicted molar refractivity (Wildman–Crippen MR) is 120 cm³/mol. The van der Waals surface area contributed by atoms with E-state index in [1.54, 1.807) is 13.2 Å². The number of hydrogen-bond donors (Lipinski definition) is 1. The molecule has 0 unspecified atom stereocenters. The third-order valence-corrected chi connectivity index (χ3v) is 10.8. The molecule has 2 aliphatic carbocycles. The molecular weight excluding hydrogens is 412 g/mol. The van der Waals surface area contributed by atoms with Gasteiger partial charge in [0.2, 0.25) is 0 Å². The Morgan fingerprint density at radius 2 is 1.84 bits per heavy atom. The molecular formula is C25H36O5S. The van der Waals surface area contributed by atoms with Gasteiger partial charge in [-0.1, -0.05) is 34.1 Å². The first-order chi connectivity index (χ1) is 14.3. The molecule has 1 N–H and O–H groups in total. The van der Waals surface area contributed by atoms with Crippen LogP contribution in [0.15, 0.2) is 17.0 Å². The highest BCUT2D eigenvalue weighted by atomic mass is 32.2. The van der Waals surface area contributed by atoms with E-state index >= 15 is 0 Å². The van der Waals surface area contributed by atoms with Crippen LogP contribution in [0.5, 0.6) is 5.75 Å². The van der Waals surface area contributed by atoms with Gasteiger partial charge in [-0.25, -0.2) is 8.42 Å². The number of aryl methyl sites for hydroxylation is 1. The van der Waals surface area contributed by atoms with Crippen molar-refractivity contribution in [3.05, 3.63) is 23.3 Å². The monoisotopic (exact) mass is 448 g/mol. The van der Waals surface area contributed by atoms with Crippen LogP contribution in [0.25, 0.3) is 0 Å². The maximum Gasteiger partial charge on any atom is 0.303 e. The summed E-state index contributed by atoms with van der Waals surface area (Å²) in [6.07, 6.45) is 5.74. The van der Waals surface area contributed by atoms with Crippen LogP contribution >= 0.6 is 0 Å². The maximum absolute atomic E-state index is 13.6. The van der Waals surface area contributed by atoms with Crippen molar-refractivity contribution in [1.82, 2.24) is 0 Å². The zero-order valence-electron chi connectivity index (χ0n) is 19.5. The van der Waals surface area contributed by atoms with E-state index in [4.69, 9.17) is 9.84 Å². The molecule has 1 heterocycles. The Morgan fingerprint density at radius 1 is 1.13 bits per heavy atom. The number of hydrogen-bond acceptors (Lipinski definition) is 4. The molecule has 0 amide bonds. The lowest BCUT2D eigenvalue weighted by molar-refractivity contribution is -0.136. The molecule has 0 radical (unpaired) electrons. The van der Waals surface area contributed by atoms with Gasteiger partial charge in [0.05, 0.1) is 17.8 Å². The van der Waals surface area contributed by atoms with Crippen molar-refractivity contribution in [3.63, 3.8) is 0 Å². The van der Waals surface area contributed by atoms with Crippen LogP contribution in [0.2, 0.25) is 0 Å². The summed E-state index contributed by atoms with van der Waals surface area (Å²) >= 11 is 0. The number of rotatable bonds is 4. The van der Waals surface area contributed by atoms with E-state index in [1.165, 1.54) is 6.42 Å². The van der Waals surface area contributed by atoms with Gasteiger partial charge >= 0.3 is 5.97 Å². The van der Waals surface area contributed by atoms with E-state index in [-0.39, 0.29) is 34.3 Å². The Hall–Kier alpha value is -1.56. The standard InChI is InChI=1S/C25H36O5S/c1-23(2)10-6-11-24(3)19(23)9-12-25(4)20(24)15-31(28,29)18-14-16(7-8-21(26)27)13-17(30-5)22(18)25/h13-14,19-20H,6-12,15H2,1-5H3,(H,26,27)/t19-,20+,24-,25+/m0/s1. The molecule has 3 aliphatic rings. The van der Waals surface area contributed by atoms with E-state index in [0.717, 1.165) is 31.2 Å². The largest absolute Gasteiger partial charge is 0.496 e. The summed E-state index contributed by atoms with van der Waals surface area (Å²) in [5.41, 5.74) is 1.47. The lowest BCUT2D eigenvalue weighted by atomic mass is 9.43. The highest BCUT2D eigenvalue weighted by Gasteiger charge is 2.62. The molecule has 2 fully saturated rings. The lowest BCUT2D eigenvalue weighted by Crippen LogP contribution is -2.60. The van der Waals surface area contributed by atoms with Crippen LogP contribution in [-0.4, -0.2) is 32.4 Å². The van der Waals surface area contributed by atoms with Crippen LogP contribution in [0.1, 0.15) is 77.3 Å². The van der Waals surface area contributed by atoms with Gasteiger partial charge in [0.1, 0.15) is 5.75 Å². The van der Waals surface area contributed by atoms with Gasteiger partial charge < -0.3 is 9.84 Å². The minimum absolute atomic E-state index is 0.0213. The Labute approximate surface area is 186 Å². The third kappa shape index (κ3) is 3.40. The normalized spacial score (nSPS) is 35.4. The molecule has 0 spiro atoms. The average Bonchev–Trinajstić information content (AvgIpc) is 2.67. The van der Waals surface area contributed by atoms with Crippen molar-refractivity contribution in [3.8, 4) is 5.75 Å². The quantitative estimate of drug-likeness (QED) is 0.701. The molecule has 31 heavy (non-hydrogen) atoms. The second-order valence-electron chi connectivity index (χ2n) is 11.3. The van der Waals surface area contributed by atoms with E-state index in [1.807, 2.05) is 6.07 Å². The van der Waals surface area contributed by atoms with Crippen molar-refractivity contribution in [2.45, 2.75) is 83.0 Å². The topological polar surface area (TPSA) is 80.7 Å². The second kappa shape index (κ2) is 7.23. The third-order valence-electron chi connectivity index (χ3n) is 9.06. The Kier molecular flexibility index (Phi) is 5.27. The number of methoxy groups -OCH3 is 1. The molecule has 4 atom stereocenters. The fourth-order valence-electron chi connectivity index (χ4n) is 7.64. The second-order valence-corrected chi connectivity index (χ2v) is 13.3. The van der Waals surface area contributed by atoms with E-state index < -0.39 is 15.8 Å². The van der Waals surface area contributed by atoms with Crippen LogP contribution in [0, 0.1) is 22.7 Å². The minimum atomic E-state index is -3.50. The van der Waals surface area contributed by atoms with Gasteiger partial charge in [0, 0.05) is 17.4 Å². The van der Waals surface area contributed by atoms with Gasteiger partial charge in [-0.05, 0) is 72.5 Å². The fourth-order valence-corrected chi connectivity index (χ4v) is 9.98. The SMILES string of the molecule is COc1cc(CCC(=O)O)cc2c1[C@]1(C)CC[C@H]3C(C)(C)CCC[C@]3(C)[C@H]1CS2(=O)=O. The number of carbonyl (C=O) groups is 1. The van der Waals surface area contributed by atoms with Gasteiger partial charge in [-0.2, -0.15) is 0 Å². The van der Waals surface area contributed by atoms with Crippen LogP contribution in [0.4, 0.5) is 0 Å². The number of sulfone groups is 1. The molecule has 0 aromatic heterocycles. The summed E-state index contributed by atoms with van der Waals surface area (Å²) in [4.78, 5) is 11.4. The number of aliphatic carboxylic acids is 1. The van der Waals surface area contributed by atoms with Crippen LogP contribution in [-0.2, 0) is 26.5 Å². The summed E-state index contributed by atoms with van der Waals surface area (Å²) in [6.45, 7) is 9.30. The number of carboxylic acid groups (broad SMARTS) is 1. The summed E-state index contributed by atoms with van der Waals surface area (Å²) in [5, 5.41) is 9.07. The zero-order valence-corrected chi connectivity index (χ0v) is 20.3. The smallest absolute Gasteiger partial charge is 0.303 e. The first-order valence-electron chi connectivity index (χ1n) is 11.5. The summed E-state index contributed by atoms with van der Waals surface area (Å²) in [5.74, 6) is 0.452. The van der Waals surface area contributed by atoms with Crippen molar-refractivity contribution < 1.29 is 23.1 Å². The maximum atomic E-state index is 13.6. The van der Waals surface area contributed by atoms with E-state index in [9.17, 15) is 13.2 Å². The fraction of sp³-hybridized carbons (Fsp3) is 0.720. The molecule has 172 valence electrons. The molecule has 5 nitrogen and oxygen atoms in total. The average molecular weight is 449 g/mol. The van der Waals surface area contributed by atoms with Crippen molar-refractivity contribution in [2.75, 3.05) is 12.9 Å². The Balaban J connectivity index is 1.88. The molecule has 0 saturated heterocycles. The molecule has 1 aliphatic heterocycles. The molecule has 0 bridgehead atoms. The van der Waals surface area contributed by atoms with Crippen LogP contribution < -0.4 is 4.74 Å². The highest BCUT2D eigenvalue weighted by Crippen LogP contribution is 2.67. The lowest BCUT2D eigenvalue weighted by Gasteiger charge is -2.63. The number of benzene rings is 1.